The van der Waals surface area contributed by atoms with Crippen LogP contribution < -0.4 is 15.4 Å². The minimum absolute atomic E-state index is 0.140. The molecular weight excluding hydrogens is 382 g/mol. The number of benzene rings is 1. The van der Waals surface area contributed by atoms with Gasteiger partial charge in [-0.3, -0.25) is 14.5 Å². The van der Waals surface area contributed by atoms with Crippen LogP contribution in [0.15, 0.2) is 24.3 Å². The third kappa shape index (κ3) is 6.13. The predicted molar refractivity (Wildman–Crippen MR) is 107 cm³/mol. The minimum Gasteiger partial charge on any atom is -0.497 e. The molecule has 28 heavy (non-hydrogen) atoms. The lowest BCUT2D eigenvalue weighted by Gasteiger charge is -2.17. The van der Waals surface area contributed by atoms with Crippen LogP contribution in [0.5, 0.6) is 5.75 Å². The smallest absolute Gasteiger partial charge is 0.324 e. The van der Waals surface area contributed by atoms with E-state index in [0.29, 0.717) is 12.8 Å². The first-order valence-corrected chi connectivity index (χ1v) is 10.5. The monoisotopic (exact) mass is 409 g/mol. The number of urea groups is 1. The Morgan fingerprint density at radius 2 is 2.07 bits per heavy atom. The van der Waals surface area contributed by atoms with E-state index in [1.54, 1.807) is 18.9 Å². The number of thioether (sulfide) groups is 1. The lowest BCUT2D eigenvalue weighted by molar-refractivity contribution is -0.131. The van der Waals surface area contributed by atoms with Gasteiger partial charge in [-0.25, -0.2) is 4.79 Å². The molecule has 4 amide bonds. The van der Waals surface area contributed by atoms with Crippen molar-refractivity contribution < 1.29 is 24.2 Å². The summed E-state index contributed by atoms with van der Waals surface area (Å²) in [4.78, 5) is 37.9. The number of hydrogen-bond acceptors (Lipinski definition) is 6. The zero-order valence-corrected chi connectivity index (χ0v) is 17.0. The van der Waals surface area contributed by atoms with Crippen LogP contribution in [-0.4, -0.2) is 72.2 Å². The van der Waals surface area contributed by atoms with Gasteiger partial charge >= 0.3 is 6.03 Å². The highest BCUT2D eigenvalue weighted by Gasteiger charge is 2.38. The van der Waals surface area contributed by atoms with E-state index in [1.165, 1.54) is 0 Å². The summed E-state index contributed by atoms with van der Waals surface area (Å²) in [7, 11) is 1.59. The number of nitrogens with zero attached hydrogens (tertiary/aromatic N) is 1. The molecule has 2 atom stereocenters. The van der Waals surface area contributed by atoms with Crippen LogP contribution in [0.3, 0.4) is 0 Å². The van der Waals surface area contributed by atoms with Gasteiger partial charge in [-0.1, -0.05) is 12.1 Å². The zero-order chi connectivity index (χ0) is 20.5. The van der Waals surface area contributed by atoms with Crippen molar-refractivity contribution in [2.45, 2.75) is 31.3 Å². The Morgan fingerprint density at radius 3 is 2.68 bits per heavy atom. The molecule has 9 heteroatoms. The summed E-state index contributed by atoms with van der Waals surface area (Å²) in [5.41, 5.74) is 0.974. The van der Waals surface area contributed by atoms with E-state index in [4.69, 9.17) is 4.74 Å². The molecule has 1 aromatic carbocycles. The molecular formula is C19H27N3O5S. The maximum absolute atomic E-state index is 12.5. The molecule has 0 saturated carbocycles. The van der Waals surface area contributed by atoms with Crippen molar-refractivity contribution in [2.75, 3.05) is 32.3 Å². The summed E-state index contributed by atoms with van der Waals surface area (Å²) in [6.45, 7) is 0.0767. The van der Waals surface area contributed by atoms with E-state index in [9.17, 15) is 19.5 Å². The molecule has 2 unspecified atom stereocenters. The molecule has 0 bridgehead atoms. The molecule has 1 aliphatic heterocycles. The van der Waals surface area contributed by atoms with Gasteiger partial charge in [0.1, 0.15) is 11.8 Å². The molecule has 0 aliphatic carbocycles. The highest BCUT2D eigenvalue weighted by Crippen LogP contribution is 2.14. The number of hydrogen-bond donors (Lipinski definition) is 3. The first-order chi connectivity index (χ1) is 13.5. The largest absolute Gasteiger partial charge is 0.497 e. The van der Waals surface area contributed by atoms with Gasteiger partial charge in [0, 0.05) is 6.54 Å². The van der Waals surface area contributed by atoms with E-state index in [1.807, 2.05) is 30.5 Å². The number of carbonyl (C=O) groups excluding carboxylic acids is 3. The molecule has 1 fully saturated rings. The molecule has 1 aliphatic rings. The second-order valence-corrected chi connectivity index (χ2v) is 7.51. The number of aliphatic hydroxyl groups excluding tert-OH is 1. The molecule has 154 valence electrons. The fourth-order valence-corrected chi connectivity index (χ4v) is 3.42. The van der Waals surface area contributed by atoms with Gasteiger partial charge in [0.05, 0.1) is 26.2 Å². The molecule has 1 heterocycles. The Morgan fingerprint density at radius 1 is 1.36 bits per heavy atom. The van der Waals surface area contributed by atoms with Crippen molar-refractivity contribution in [1.82, 2.24) is 15.5 Å². The van der Waals surface area contributed by atoms with E-state index in [0.717, 1.165) is 22.0 Å². The quantitative estimate of drug-likeness (QED) is 0.466. The van der Waals surface area contributed by atoms with Crippen LogP contribution in [0.25, 0.3) is 0 Å². The number of imide groups is 1. The summed E-state index contributed by atoms with van der Waals surface area (Å²) >= 11 is 1.62. The summed E-state index contributed by atoms with van der Waals surface area (Å²) in [5, 5.41) is 14.6. The maximum atomic E-state index is 12.5. The Balaban J connectivity index is 1.85. The highest BCUT2D eigenvalue weighted by molar-refractivity contribution is 7.98. The number of aliphatic hydroxyl groups is 1. The van der Waals surface area contributed by atoms with Crippen LogP contribution in [-0.2, 0) is 16.0 Å². The Bertz CT molecular complexity index is 683. The molecule has 1 aromatic rings. The van der Waals surface area contributed by atoms with E-state index >= 15 is 0 Å². The molecule has 0 aromatic heterocycles. The van der Waals surface area contributed by atoms with Gasteiger partial charge in [-0.15, -0.1) is 0 Å². The Kier molecular flexibility index (Phi) is 8.59. The average Bonchev–Trinajstić information content (AvgIpc) is 2.96. The molecule has 2 rings (SSSR count). The number of amides is 4. The first-order valence-electron chi connectivity index (χ1n) is 9.12. The number of rotatable bonds is 11. The molecule has 0 spiro atoms. The van der Waals surface area contributed by atoms with E-state index in [2.05, 4.69) is 10.6 Å². The summed E-state index contributed by atoms with van der Waals surface area (Å²) < 4.78 is 5.11. The lowest BCUT2D eigenvalue weighted by atomic mass is 10.1. The van der Waals surface area contributed by atoms with Crippen molar-refractivity contribution in [1.29, 1.82) is 0 Å². The number of ether oxygens (including phenoxy) is 1. The summed E-state index contributed by atoms with van der Waals surface area (Å²) in [6, 6.07) is 5.70. The van der Waals surface area contributed by atoms with Crippen LogP contribution >= 0.6 is 11.8 Å². The van der Waals surface area contributed by atoms with Crippen molar-refractivity contribution in [3.63, 3.8) is 0 Å². The molecule has 0 radical (unpaired) electrons. The Labute approximate surface area is 169 Å². The van der Waals surface area contributed by atoms with Crippen molar-refractivity contribution in [3.8, 4) is 5.75 Å². The van der Waals surface area contributed by atoms with Crippen molar-refractivity contribution in [3.05, 3.63) is 29.8 Å². The maximum Gasteiger partial charge on any atom is 0.324 e. The van der Waals surface area contributed by atoms with E-state index in [-0.39, 0.29) is 31.5 Å². The van der Waals surface area contributed by atoms with Crippen molar-refractivity contribution in [2.24, 2.45) is 0 Å². The van der Waals surface area contributed by atoms with Crippen molar-refractivity contribution >= 4 is 29.6 Å². The third-order valence-electron chi connectivity index (χ3n) is 4.54. The minimum atomic E-state index is -0.872. The van der Waals surface area contributed by atoms with Gasteiger partial charge in [-0.05, 0) is 42.5 Å². The normalized spacial score (nSPS) is 17.4. The second kappa shape index (κ2) is 10.9. The van der Waals surface area contributed by atoms with Crippen LogP contribution in [0, 0.1) is 0 Å². The van der Waals surface area contributed by atoms with Gasteiger partial charge in [0.2, 0.25) is 5.91 Å². The average molecular weight is 410 g/mol. The standard InChI is InChI=1S/C19H27N3O5S/c1-27-15-5-3-13(4-6-15)7-9-22-18(25)16(21-19(22)26)11-17(24)20-14(12-23)8-10-28-2/h3-6,14,16,23H,7-12H2,1-2H3,(H,20,24)(H,21,26). The number of carbonyl (C=O) groups is 3. The number of methoxy groups -OCH3 is 1. The lowest BCUT2D eigenvalue weighted by Crippen LogP contribution is -2.42. The SMILES string of the molecule is COc1ccc(CCN2C(=O)NC(CC(=O)NC(CO)CCSC)C2=O)cc1. The second-order valence-electron chi connectivity index (χ2n) is 6.52. The zero-order valence-electron chi connectivity index (χ0n) is 16.1. The van der Waals surface area contributed by atoms with E-state index < -0.39 is 18.0 Å². The third-order valence-corrected chi connectivity index (χ3v) is 5.18. The van der Waals surface area contributed by atoms with Crippen LogP contribution in [0.2, 0.25) is 0 Å². The molecule has 1 saturated heterocycles. The van der Waals surface area contributed by atoms with Gasteiger partial charge in [0.25, 0.3) is 5.91 Å². The topological polar surface area (TPSA) is 108 Å². The van der Waals surface area contributed by atoms with Gasteiger partial charge in [0.15, 0.2) is 0 Å². The van der Waals surface area contributed by atoms with Gasteiger partial charge in [-0.2, -0.15) is 11.8 Å². The summed E-state index contributed by atoms with van der Waals surface area (Å²) in [5.74, 6) is 0.779. The Hall–Kier alpha value is -2.26. The van der Waals surface area contributed by atoms with Crippen LogP contribution in [0.1, 0.15) is 18.4 Å². The van der Waals surface area contributed by atoms with Gasteiger partial charge < -0.3 is 20.5 Å². The fraction of sp³-hybridized carbons (Fsp3) is 0.526. The predicted octanol–water partition coefficient (Wildman–Crippen LogP) is 0.778. The molecule has 8 nitrogen and oxygen atoms in total. The van der Waals surface area contributed by atoms with Crippen LogP contribution in [0.4, 0.5) is 4.79 Å². The fourth-order valence-electron chi connectivity index (χ4n) is 2.90. The summed E-state index contributed by atoms with van der Waals surface area (Å²) in [6.07, 6.45) is 2.97. The highest BCUT2D eigenvalue weighted by atomic mass is 32.2. The first kappa shape index (κ1) is 22.0. The molecule has 3 N–H and O–H groups in total. The number of nitrogens with one attached hydrogen (secondary N) is 2.